The topological polar surface area (TPSA) is 84.7 Å². The second kappa shape index (κ2) is 5.35. The van der Waals surface area contributed by atoms with Gasteiger partial charge in [-0.25, -0.2) is 4.79 Å². The Kier molecular flexibility index (Phi) is 4.34. The third-order valence-electron chi connectivity index (χ3n) is 2.31. The van der Waals surface area contributed by atoms with Crippen LogP contribution < -0.4 is 11.1 Å². The maximum atomic E-state index is 11.4. The van der Waals surface area contributed by atoms with Gasteiger partial charge in [0, 0.05) is 26.1 Å². The largest absolute Gasteiger partial charge is 0.444 e. The molecule has 0 saturated carbocycles. The summed E-state index contributed by atoms with van der Waals surface area (Å²) in [6.45, 7) is 6.87. The molecule has 1 heterocycles. The molecule has 0 unspecified atom stereocenters. The summed E-state index contributed by atoms with van der Waals surface area (Å²) in [6.07, 6.45) is -0.0764. The molecule has 0 aromatic heterocycles. The van der Waals surface area contributed by atoms with E-state index in [0.717, 1.165) is 0 Å². The molecule has 0 radical (unpaired) electrons. The number of nitrogens with two attached hydrogens (primary N) is 1. The van der Waals surface area contributed by atoms with Gasteiger partial charge < -0.3 is 20.7 Å². The van der Waals surface area contributed by atoms with Gasteiger partial charge in [0.05, 0.1) is 6.04 Å². The van der Waals surface area contributed by atoms with Crippen LogP contribution in [0.4, 0.5) is 4.79 Å². The first-order valence-electron chi connectivity index (χ1n) is 5.79. The Bertz CT molecular complexity index is 293. The van der Waals surface area contributed by atoms with Gasteiger partial charge in [-0.15, -0.1) is 0 Å². The van der Waals surface area contributed by atoms with Gasteiger partial charge in [-0.05, 0) is 20.8 Å². The standard InChI is InChI=1S/C11H21N3O3/c1-11(2,3)17-10(16)13-8-6-14(7-8)9(15)4-5-12/h8H,4-7,12H2,1-3H3,(H,13,16). The molecular weight excluding hydrogens is 222 g/mol. The molecule has 0 spiro atoms. The summed E-state index contributed by atoms with van der Waals surface area (Å²) in [5.74, 6) is 0.0368. The Morgan fingerprint density at radius 3 is 2.47 bits per heavy atom. The van der Waals surface area contributed by atoms with E-state index in [1.165, 1.54) is 0 Å². The zero-order valence-corrected chi connectivity index (χ0v) is 10.7. The fraction of sp³-hybridized carbons (Fsp3) is 0.818. The SMILES string of the molecule is CC(C)(C)OC(=O)NC1CN(C(=O)CCN)C1. The fourth-order valence-corrected chi connectivity index (χ4v) is 1.53. The number of hydrogen-bond donors (Lipinski definition) is 2. The minimum atomic E-state index is -0.497. The molecule has 6 heteroatoms. The number of nitrogens with one attached hydrogen (secondary N) is 1. The van der Waals surface area contributed by atoms with Crippen molar-refractivity contribution in [2.24, 2.45) is 5.73 Å². The predicted octanol–water partition coefficient (Wildman–Crippen LogP) is 0.0707. The average molecular weight is 243 g/mol. The highest BCUT2D eigenvalue weighted by molar-refractivity contribution is 5.78. The first-order valence-corrected chi connectivity index (χ1v) is 5.79. The molecule has 2 amide bonds. The number of hydrogen-bond acceptors (Lipinski definition) is 4. The van der Waals surface area contributed by atoms with Crippen molar-refractivity contribution in [3.8, 4) is 0 Å². The number of likely N-dealkylation sites (tertiary alicyclic amines) is 1. The Labute approximate surface area is 101 Å². The van der Waals surface area contributed by atoms with Crippen LogP contribution in [0.5, 0.6) is 0 Å². The van der Waals surface area contributed by atoms with Crippen LogP contribution >= 0.6 is 0 Å². The first-order chi connectivity index (χ1) is 7.81. The van der Waals surface area contributed by atoms with E-state index in [1.807, 2.05) is 20.8 Å². The summed E-state index contributed by atoms with van der Waals surface area (Å²) in [7, 11) is 0. The predicted molar refractivity (Wildman–Crippen MR) is 63.4 cm³/mol. The van der Waals surface area contributed by atoms with Crippen molar-refractivity contribution in [1.29, 1.82) is 0 Å². The number of alkyl carbamates (subject to hydrolysis) is 1. The van der Waals surface area contributed by atoms with E-state index in [1.54, 1.807) is 4.90 Å². The molecule has 6 nitrogen and oxygen atoms in total. The summed E-state index contributed by atoms with van der Waals surface area (Å²) in [5, 5.41) is 2.71. The van der Waals surface area contributed by atoms with E-state index in [2.05, 4.69) is 5.32 Å². The first kappa shape index (κ1) is 13.8. The number of rotatable bonds is 3. The zero-order chi connectivity index (χ0) is 13.1. The molecule has 1 aliphatic rings. The lowest BCUT2D eigenvalue weighted by atomic mass is 10.1. The lowest BCUT2D eigenvalue weighted by Gasteiger charge is -2.39. The molecule has 17 heavy (non-hydrogen) atoms. The maximum Gasteiger partial charge on any atom is 0.407 e. The van der Waals surface area contributed by atoms with E-state index < -0.39 is 11.7 Å². The summed E-state index contributed by atoms with van der Waals surface area (Å²) in [6, 6.07) is -0.00780. The van der Waals surface area contributed by atoms with Crippen LogP contribution in [0.15, 0.2) is 0 Å². The number of nitrogens with zero attached hydrogens (tertiary/aromatic N) is 1. The van der Waals surface area contributed by atoms with Gasteiger partial charge in [0.2, 0.25) is 5.91 Å². The Hall–Kier alpha value is -1.30. The van der Waals surface area contributed by atoms with Gasteiger partial charge in [0.1, 0.15) is 5.60 Å². The molecule has 0 aromatic rings. The minimum absolute atomic E-state index is 0.00780. The van der Waals surface area contributed by atoms with Crippen LogP contribution in [0.25, 0.3) is 0 Å². The van der Waals surface area contributed by atoms with Crippen molar-refractivity contribution in [2.45, 2.75) is 38.8 Å². The van der Waals surface area contributed by atoms with Crippen molar-refractivity contribution in [2.75, 3.05) is 19.6 Å². The zero-order valence-electron chi connectivity index (χ0n) is 10.7. The maximum absolute atomic E-state index is 11.4. The van der Waals surface area contributed by atoms with E-state index in [4.69, 9.17) is 10.5 Å². The van der Waals surface area contributed by atoms with Crippen LogP contribution in [-0.4, -0.2) is 48.2 Å². The fourth-order valence-electron chi connectivity index (χ4n) is 1.53. The van der Waals surface area contributed by atoms with Crippen molar-refractivity contribution >= 4 is 12.0 Å². The highest BCUT2D eigenvalue weighted by atomic mass is 16.6. The normalized spacial score (nSPS) is 16.4. The lowest BCUT2D eigenvalue weighted by molar-refractivity contribution is -0.135. The van der Waals surface area contributed by atoms with E-state index in [9.17, 15) is 9.59 Å². The summed E-state index contributed by atoms with van der Waals surface area (Å²) in [4.78, 5) is 24.5. The molecule has 98 valence electrons. The van der Waals surface area contributed by atoms with Crippen molar-refractivity contribution < 1.29 is 14.3 Å². The van der Waals surface area contributed by atoms with Crippen LogP contribution in [-0.2, 0) is 9.53 Å². The van der Waals surface area contributed by atoms with Crippen LogP contribution in [0.1, 0.15) is 27.2 Å². The molecule has 0 atom stereocenters. The van der Waals surface area contributed by atoms with E-state index >= 15 is 0 Å². The summed E-state index contributed by atoms with van der Waals surface area (Å²) in [5.41, 5.74) is 4.80. The molecule has 1 aliphatic heterocycles. The molecular formula is C11H21N3O3. The van der Waals surface area contributed by atoms with Crippen molar-refractivity contribution in [1.82, 2.24) is 10.2 Å². The highest BCUT2D eigenvalue weighted by Crippen LogP contribution is 2.11. The van der Waals surface area contributed by atoms with Gasteiger partial charge in [-0.1, -0.05) is 0 Å². The average Bonchev–Trinajstić information content (AvgIpc) is 2.07. The number of amides is 2. The van der Waals surface area contributed by atoms with Crippen LogP contribution in [0, 0.1) is 0 Å². The van der Waals surface area contributed by atoms with Crippen molar-refractivity contribution in [3.05, 3.63) is 0 Å². The smallest absolute Gasteiger partial charge is 0.407 e. The van der Waals surface area contributed by atoms with Crippen LogP contribution in [0.2, 0.25) is 0 Å². The second-order valence-corrected chi connectivity index (χ2v) is 5.18. The quantitative estimate of drug-likeness (QED) is 0.734. The molecule has 3 N–H and O–H groups in total. The number of carbonyl (C=O) groups excluding carboxylic acids is 2. The second-order valence-electron chi connectivity index (χ2n) is 5.18. The van der Waals surface area contributed by atoms with E-state index in [-0.39, 0.29) is 11.9 Å². The molecule has 0 aliphatic carbocycles. The van der Waals surface area contributed by atoms with Gasteiger partial charge in [0.25, 0.3) is 0 Å². The third-order valence-corrected chi connectivity index (χ3v) is 2.31. The number of carbonyl (C=O) groups is 2. The van der Waals surface area contributed by atoms with Crippen molar-refractivity contribution in [3.63, 3.8) is 0 Å². The molecule has 0 bridgehead atoms. The number of ether oxygens (including phenoxy) is 1. The molecule has 0 aromatic carbocycles. The van der Waals surface area contributed by atoms with Gasteiger partial charge in [-0.2, -0.15) is 0 Å². The van der Waals surface area contributed by atoms with Gasteiger partial charge in [-0.3, -0.25) is 4.79 Å². The van der Waals surface area contributed by atoms with Gasteiger partial charge in [0.15, 0.2) is 0 Å². The highest BCUT2D eigenvalue weighted by Gasteiger charge is 2.32. The summed E-state index contributed by atoms with van der Waals surface area (Å²) >= 11 is 0. The third kappa shape index (κ3) is 4.60. The Morgan fingerprint density at radius 2 is 2.00 bits per heavy atom. The van der Waals surface area contributed by atoms with E-state index in [0.29, 0.717) is 26.1 Å². The Morgan fingerprint density at radius 1 is 1.41 bits per heavy atom. The lowest BCUT2D eigenvalue weighted by Crippen LogP contribution is -2.61. The minimum Gasteiger partial charge on any atom is -0.444 e. The molecule has 1 saturated heterocycles. The molecule has 1 rings (SSSR count). The van der Waals surface area contributed by atoms with Crippen LogP contribution in [0.3, 0.4) is 0 Å². The monoisotopic (exact) mass is 243 g/mol. The van der Waals surface area contributed by atoms with Gasteiger partial charge >= 0.3 is 6.09 Å². The molecule has 1 fully saturated rings. The summed E-state index contributed by atoms with van der Waals surface area (Å²) < 4.78 is 5.11. The Balaban J connectivity index is 2.21.